The zero-order valence-corrected chi connectivity index (χ0v) is 4.82. The Bertz CT molecular complexity index is 70.1. The molecule has 1 N–H and O–H groups in total. The minimum atomic E-state index is -0.498. The lowest BCUT2D eigenvalue weighted by molar-refractivity contribution is 0.0972. The van der Waals surface area contributed by atoms with E-state index in [1.54, 1.807) is 0 Å². The van der Waals surface area contributed by atoms with E-state index in [4.69, 9.17) is 5.11 Å². The lowest BCUT2D eigenvalue weighted by Crippen LogP contribution is -2.12. The molecule has 1 fully saturated rings. The van der Waals surface area contributed by atoms with Gasteiger partial charge in [0.2, 0.25) is 0 Å². The van der Waals surface area contributed by atoms with Gasteiger partial charge >= 0.3 is 0 Å². The van der Waals surface area contributed by atoms with Crippen molar-refractivity contribution in [2.45, 2.75) is 18.4 Å². The van der Waals surface area contributed by atoms with Crippen LogP contribution in [0.4, 0.5) is 0 Å². The fraction of sp³-hybridized carbons (Fsp3) is 1.00. The Labute approximate surface area is 48.1 Å². The molecule has 0 saturated heterocycles. The van der Waals surface area contributed by atoms with Gasteiger partial charge in [-0.15, -0.1) is 0 Å². The Hall–Kier alpha value is 0.270. The molecule has 1 rings (SSSR count). The highest BCUT2D eigenvalue weighted by atomic mass is 32.1. The third-order valence-electron chi connectivity index (χ3n) is 1.16. The van der Waals surface area contributed by atoms with Crippen LogP contribution in [0.5, 0.6) is 0 Å². The van der Waals surface area contributed by atoms with Gasteiger partial charge in [-0.1, -0.05) is 0 Å². The fourth-order valence-corrected chi connectivity index (χ4v) is 0.649. The van der Waals surface area contributed by atoms with Crippen molar-refractivity contribution in [1.29, 1.82) is 0 Å². The Morgan fingerprint density at radius 1 is 1.71 bits per heavy atom. The van der Waals surface area contributed by atoms with Crippen LogP contribution in [0, 0.1) is 0 Å². The number of aliphatic hydroxyl groups is 1. The second-order valence-electron chi connectivity index (χ2n) is 2.00. The maximum Gasteiger partial charge on any atom is 0.0898 e. The van der Waals surface area contributed by atoms with E-state index in [0.717, 1.165) is 12.8 Å². The zero-order chi connectivity index (χ0) is 5.33. The maximum atomic E-state index is 8.95. The summed E-state index contributed by atoms with van der Waals surface area (Å²) in [6.07, 6.45) is 1.74. The van der Waals surface area contributed by atoms with E-state index in [9.17, 15) is 0 Å². The van der Waals surface area contributed by atoms with Gasteiger partial charge in [0.15, 0.2) is 0 Å². The summed E-state index contributed by atoms with van der Waals surface area (Å²) in [6, 6.07) is 0. The fourth-order valence-electron chi connectivity index (χ4n) is 0.409. The van der Waals surface area contributed by atoms with Gasteiger partial charge in [-0.3, -0.25) is 0 Å². The Balaban J connectivity index is 2.13. The number of thiol groups is 1. The van der Waals surface area contributed by atoms with Gasteiger partial charge < -0.3 is 9.29 Å². The summed E-state index contributed by atoms with van der Waals surface area (Å²) in [6.45, 7) is 0.371. The van der Waals surface area contributed by atoms with Gasteiger partial charge in [-0.05, 0) is 25.8 Å². The van der Waals surface area contributed by atoms with Crippen molar-refractivity contribution in [3.05, 3.63) is 0 Å². The molecule has 1 aliphatic carbocycles. The van der Waals surface area contributed by atoms with Crippen molar-refractivity contribution >= 4 is 12.9 Å². The molecule has 0 aromatic heterocycles. The molecule has 0 bridgehead atoms. The molecule has 1 aliphatic rings. The molecule has 0 aliphatic heterocycles. The molecule has 0 aromatic rings. The van der Waals surface area contributed by atoms with Gasteiger partial charge in [-0.2, -0.15) is 0 Å². The third kappa shape index (κ3) is 1.33. The first kappa shape index (κ1) is 5.41. The summed E-state index contributed by atoms with van der Waals surface area (Å²) in [5.74, 6) is 0. The highest BCUT2D eigenvalue weighted by Gasteiger charge is 2.40. The molecule has 42 valence electrons. The van der Waals surface area contributed by atoms with Crippen molar-refractivity contribution < 1.29 is 9.29 Å². The molecule has 7 heavy (non-hydrogen) atoms. The predicted octanol–water partition coefficient (Wildman–Crippen LogP) is 0.373. The number of rotatable bonds is 2. The van der Waals surface area contributed by atoms with Gasteiger partial charge in [0, 0.05) is 0 Å². The van der Waals surface area contributed by atoms with Crippen molar-refractivity contribution in [3.63, 3.8) is 0 Å². The minimum Gasteiger partial charge on any atom is -0.387 e. The quantitative estimate of drug-likeness (QED) is 0.407. The van der Waals surface area contributed by atoms with Gasteiger partial charge in [0.05, 0.1) is 12.2 Å². The molecule has 0 atom stereocenters. The summed E-state index contributed by atoms with van der Waals surface area (Å²) in [5.41, 5.74) is -0.498. The van der Waals surface area contributed by atoms with Crippen LogP contribution in [0.25, 0.3) is 0 Å². The molecule has 0 spiro atoms. The lowest BCUT2D eigenvalue weighted by atomic mass is 10.4. The average Bonchev–Trinajstić information content (AvgIpc) is 2.22. The zero-order valence-electron chi connectivity index (χ0n) is 3.92. The molecule has 1 saturated carbocycles. The minimum absolute atomic E-state index is 0.371. The van der Waals surface area contributed by atoms with Gasteiger partial charge in [-0.25, -0.2) is 0 Å². The first-order valence-electron chi connectivity index (χ1n) is 2.26. The van der Waals surface area contributed by atoms with E-state index in [1.807, 2.05) is 0 Å². The van der Waals surface area contributed by atoms with E-state index in [0.29, 0.717) is 6.61 Å². The molecule has 0 heterocycles. The van der Waals surface area contributed by atoms with Crippen LogP contribution < -0.4 is 0 Å². The molecule has 0 unspecified atom stereocenters. The molecular formula is C4H8O2S. The summed E-state index contributed by atoms with van der Waals surface area (Å²) in [4.78, 5) is 0. The van der Waals surface area contributed by atoms with Gasteiger partial charge in [0.25, 0.3) is 0 Å². The summed E-state index contributed by atoms with van der Waals surface area (Å²) >= 11 is 3.49. The van der Waals surface area contributed by atoms with Crippen LogP contribution in [0.3, 0.4) is 0 Å². The summed E-state index contributed by atoms with van der Waals surface area (Å²) in [7, 11) is 0. The molecule has 0 radical (unpaired) electrons. The van der Waals surface area contributed by atoms with Crippen molar-refractivity contribution in [3.8, 4) is 0 Å². The second-order valence-corrected chi connectivity index (χ2v) is 2.26. The first-order valence-corrected chi connectivity index (χ1v) is 2.62. The Kier molecular flexibility index (Phi) is 1.28. The molecule has 0 amide bonds. The highest BCUT2D eigenvalue weighted by molar-refractivity contribution is 7.75. The van der Waals surface area contributed by atoms with E-state index < -0.39 is 5.60 Å². The largest absolute Gasteiger partial charge is 0.387 e. The summed E-state index contributed by atoms with van der Waals surface area (Å²) < 4.78 is 4.41. The number of hydrogen-bond acceptors (Lipinski definition) is 3. The standard InChI is InChI=1S/C4H8O2S/c5-4(1-2-4)3-6-7/h5,7H,1-3H2. The van der Waals surface area contributed by atoms with Crippen molar-refractivity contribution in [2.75, 3.05) is 6.61 Å². The van der Waals surface area contributed by atoms with Gasteiger partial charge in [0.1, 0.15) is 0 Å². The molecule has 0 aromatic carbocycles. The van der Waals surface area contributed by atoms with Crippen molar-refractivity contribution in [1.82, 2.24) is 0 Å². The van der Waals surface area contributed by atoms with E-state index >= 15 is 0 Å². The van der Waals surface area contributed by atoms with E-state index in [1.165, 1.54) is 0 Å². The Morgan fingerprint density at radius 2 is 2.29 bits per heavy atom. The predicted molar refractivity (Wildman–Crippen MR) is 29.1 cm³/mol. The summed E-state index contributed by atoms with van der Waals surface area (Å²) in [5, 5.41) is 8.95. The lowest BCUT2D eigenvalue weighted by Gasteiger charge is -2.00. The normalized spacial score (nSPS) is 24.9. The number of hydrogen-bond donors (Lipinski definition) is 2. The van der Waals surface area contributed by atoms with E-state index in [2.05, 4.69) is 17.1 Å². The molecular weight excluding hydrogens is 112 g/mol. The average molecular weight is 120 g/mol. The first-order chi connectivity index (χ1) is 3.27. The van der Waals surface area contributed by atoms with Crippen molar-refractivity contribution in [2.24, 2.45) is 0 Å². The Morgan fingerprint density at radius 3 is 2.43 bits per heavy atom. The van der Waals surface area contributed by atoms with Crippen LogP contribution in [0.1, 0.15) is 12.8 Å². The second kappa shape index (κ2) is 1.65. The van der Waals surface area contributed by atoms with Crippen LogP contribution in [-0.2, 0) is 4.18 Å². The molecule has 2 nitrogen and oxygen atoms in total. The van der Waals surface area contributed by atoms with E-state index in [-0.39, 0.29) is 0 Å². The molecule has 3 heteroatoms. The highest BCUT2D eigenvalue weighted by Crippen LogP contribution is 2.35. The smallest absolute Gasteiger partial charge is 0.0898 e. The van der Waals surface area contributed by atoms with Crippen LogP contribution in [-0.4, -0.2) is 17.3 Å². The topological polar surface area (TPSA) is 29.5 Å². The van der Waals surface area contributed by atoms with Crippen LogP contribution in [0.15, 0.2) is 0 Å². The maximum absolute atomic E-state index is 8.95. The SMILES string of the molecule is OC1(COS)CC1. The van der Waals surface area contributed by atoms with Crippen LogP contribution in [0.2, 0.25) is 0 Å². The third-order valence-corrected chi connectivity index (χ3v) is 1.29. The monoisotopic (exact) mass is 120 g/mol. The van der Waals surface area contributed by atoms with Crippen LogP contribution >= 0.6 is 12.9 Å².